The van der Waals surface area contributed by atoms with Gasteiger partial charge in [-0.05, 0) is 18.9 Å². The van der Waals surface area contributed by atoms with Crippen molar-refractivity contribution < 1.29 is 4.79 Å². The van der Waals surface area contributed by atoms with Crippen LogP contribution in [0.1, 0.15) is 37.8 Å². The molecule has 1 aliphatic heterocycles. The highest BCUT2D eigenvalue weighted by molar-refractivity contribution is 5.75. The summed E-state index contributed by atoms with van der Waals surface area (Å²) in [6, 6.07) is 1.77. The summed E-state index contributed by atoms with van der Waals surface area (Å²) in [5.41, 5.74) is 0.920. The standard InChI is InChI=1S/C16H20N6O/c1-2-13(23)22-10-4-12(5-11-22)14-15(18-9-8-17-14)21-16-19-6-3-7-20-16/h3,6-9,12H,2,4-5,10-11H2,1H3,(H,18,19,20,21). The van der Waals surface area contributed by atoms with E-state index in [2.05, 4.69) is 25.3 Å². The molecule has 3 rings (SSSR count). The van der Waals surface area contributed by atoms with Crippen LogP contribution in [0.2, 0.25) is 0 Å². The summed E-state index contributed by atoms with van der Waals surface area (Å²) in [7, 11) is 0. The zero-order valence-electron chi connectivity index (χ0n) is 13.1. The summed E-state index contributed by atoms with van der Waals surface area (Å²) in [4.78, 5) is 30.9. The number of hydrogen-bond donors (Lipinski definition) is 1. The fraction of sp³-hybridized carbons (Fsp3) is 0.438. The van der Waals surface area contributed by atoms with E-state index in [9.17, 15) is 4.79 Å². The maximum absolute atomic E-state index is 11.8. The number of nitrogens with one attached hydrogen (secondary N) is 1. The second-order valence-electron chi connectivity index (χ2n) is 5.50. The minimum Gasteiger partial charge on any atom is -0.343 e. The quantitative estimate of drug-likeness (QED) is 0.931. The number of rotatable bonds is 4. The third-order valence-electron chi connectivity index (χ3n) is 4.06. The molecule has 0 spiro atoms. The zero-order valence-corrected chi connectivity index (χ0v) is 13.1. The molecule has 0 bridgehead atoms. The van der Waals surface area contributed by atoms with Crippen LogP contribution in [0, 0.1) is 0 Å². The van der Waals surface area contributed by atoms with Crippen LogP contribution in [-0.2, 0) is 4.79 Å². The van der Waals surface area contributed by atoms with Crippen molar-refractivity contribution in [2.75, 3.05) is 18.4 Å². The van der Waals surface area contributed by atoms with Crippen LogP contribution in [0.3, 0.4) is 0 Å². The molecule has 23 heavy (non-hydrogen) atoms. The van der Waals surface area contributed by atoms with Crippen LogP contribution in [0.25, 0.3) is 0 Å². The molecule has 1 aliphatic rings. The smallest absolute Gasteiger partial charge is 0.228 e. The summed E-state index contributed by atoms with van der Waals surface area (Å²) in [6.45, 7) is 3.45. The van der Waals surface area contributed by atoms with E-state index in [1.54, 1.807) is 30.9 Å². The van der Waals surface area contributed by atoms with Crippen LogP contribution in [0.4, 0.5) is 11.8 Å². The number of carbonyl (C=O) groups excluding carboxylic acids is 1. The van der Waals surface area contributed by atoms with Gasteiger partial charge in [0.1, 0.15) is 0 Å². The molecule has 3 heterocycles. The molecule has 1 N–H and O–H groups in total. The van der Waals surface area contributed by atoms with Crippen molar-refractivity contribution in [1.82, 2.24) is 24.8 Å². The van der Waals surface area contributed by atoms with Gasteiger partial charge in [-0.1, -0.05) is 6.92 Å². The van der Waals surface area contributed by atoms with Crippen molar-refractivity contribution in [1.29, 1.82) is 0 Å². The Labute approximate surface area is 135 Å². The SMILES string of the molecule is CCC(=O)N1CCC(c2nccnc2Nc2ncccn2)CC1. The Morgan fingerprint density at radius 3 is 2.52 bits per heavy atom. The fourth-order valence-corrected chi connectivity index (χ4v) is 2.84. The van der Waals surface area contributed by atoms with Crippen molar-refractivity contribution in [3.05, 3.63) is 36.5 Å². The lowest BCUT2D eigenvalue weighted by molar-refractivity contribution is -0.131. The third kappa shape index (κ3) is 3.61. The number of likely N-dealkylation sites (tertiary alicyclic amines) is 1. The van der Waals surface area contributed by atoms with Crippen LogP contribution in [0.5, 0.6) is 0 Å². The molecule has 0 radical (unpaired) electrons. The van der Waals surface area contributed by atoms with E-state index in [1.807, 2.05) is 11.8 Å². The monoisotopic (exact) mass is 312 g/mol. The van der Waals surface area contributed by atoms with Gasteiger partial charge in [-0.15, -0.1) is 0 Å². The molecule has 0 aliphatic carbocycles. The molecular formula is C16H20N6O. The second-order valence-corrected chi connectivity index (χ2v) is 5.50. The first-order valence-electron chi connectivity index (χ1n) is 7.90. The summed E-state index contributed by atoms with van der Waals surface area (Å²) in [6.07, 6.45) is 9.08. The highest BCUT2D eigenvalue weighted by atomic mass is 16.2. The summed E-state index contributed by atoms with van der Waals surface area (Å²) in [5, 5.41) is 3.14. The van der Waals surface area contributed by atoms with Gasteiger partial charge in [-0.25, -0.2) is 15.0 Å². The van der Waals surface area contributed by atoms with Crippen LogP contribution in [-0.4, -0.2) is 43.8 Å². The van der Waals surface area contributed by atoms with Gasteiger partial charge in [0, 0.05) is 50.2 Å². The molecule has 7 nitrogen and oxygen atoms in total. The number of nitrogens with zero attached hydrogens (tertiary/aromatic N) is 5. The largest absolute Gasteiger partial charge is 0.343 e. The molecule has 1 amide bonds. The Morgan fingerprint density at radius 2 is 1.83 bits per heavy atom. The average Bonchev–Trinajstić information content (AvgIpc) is 2.62. The lowest BCUT2D eigenvalue weighted by Crippen LogP contribution is -2.37. The van der Waals surface area contributed by atoms with Gasteiger partial charge in [-0.3, -0.25) is 9.78 Å². The highest BCUT2D eigenvalue weighted by Gasteiger charge is 2.26. The van der Waals surface area contributed by atoms with Crippen LogP contribution in [0.15, 0.2) is 30.9 Å². The highest BCUT2D eigenvalue weighted by Crippen LogP contribution is 2.31. The van der Waals surface area contributed by atoms with Crippen LogP contribution < -0.4 is 5.32 Å². The van der Waals surface area contributed by atoms with E-state index in [1.165, 1.54) is 0 Å². The van der Waals surface area contributed by atoms with Crippen molar-refractivity contribution in [2.45, 2.75) is 32.1 Å². The second kappa shape index (κ2) is 7.13. The molecule has 0 unspecified atom stereocenters. The Bertz CT molecular complexity index is 655. The van der Waals surface area contributed by atoms with E-state index >= 15 is 0 Å². The molecule has 1 fully saturated rings. The Kier molecular flexibility index (Phi) is 4.75. The van der Waals surface area contributed by atoms with Gasteiger partial charge >= 0.3 is 0 Å². The van der Waals surface area contributed by atoms with Gasteiger partial charge in [0.15, 0.2) is 5.82 Å². The molecule has 0 atom stereocenters. The molecule has 120 valence electrons. The molecule has 2 aromatic heterocycles. The predicted octanol–water partition coefficient (Wildman–Crippen LogP) is 2.13. The summed E-state index contributed by atoms with van der Waals surface area (Å²) < 4.78 is 0. The van der Waals surface area contributed by atoms with Gasteiger partial charge in [0.25, 0.3) is 0 Å². The number of hydrogen-bond acceptors (Lipinski definition) is 6. The number of aromatic nitrogens is 4. The van der Waals surface area contributed by atoms with Gasteiger partial charge < -0.3 is 10.2 Å². The Hall–Kier alpha value is -2.57. The zero-order chi connectivity index (χ0) is 16.1. The molecule has 0 aromatic carbocycles. The third-order valence-corrected chi connectivity index (χ3v) is 4.06. The first-order chi connectivity index (χ1) is 11.3. The van der Waals surface area contributed by atoms with Crippen molar-refractivity contribution in [3.8, 4) is 0 Å². The lowest BCUT2D eigenvalue weighted by atomic mass is 9.93. The molecule has 7 heteroatoms. The van der Waals surface area contributed by atoms with Crippen molar-refractivity contribution in [2.24, 2.45) is 0 Å². The molecular weight excluding hydrogens is 292 g/mol. The van der Waals surface area contributed by atoms with E-state index in [-0.39, 0.29) is 11.8 Å². The topological polar surface area (TPSA) is 83.9 Å². The summed E-state index contributed by atoms with van der Waals surface area (Å²) in [5.74, 6) is 1.71. The van der Waals surface area contributed by atoms with Gasteiger partial charge in [0.2, 0.25) is 11.9 Å². The number of piperidine rings is 1. The lowest BCUT2D eigenvalue weighted by Gasteiger charge is -2.32. The Morgan fingerprint density at radius 1 is 1.13 bits per heavy atom. The fourth-order valence-electron chi connectivity index (χ4n) is 2.84. The van der Waals surface area contributed by atoms with Crippen molar-refractivity contribution in [3.63, 3.8) is 0 Å². The van der Waals surface area contributed by atoms with Gasteiger partial charge in [-0.2, -0.15) is 0 Å². The Balaban J connectivity index is 1.73. The maximum atomic E-state index is 11.8. The molecule has 0 saturated carbocycles. The summed E-state index contributed by atoms with van der Waals surface area (Å²) >= 11 is 0. The number of amides is 1. The minimum atomic E-state index is 0.221. The molecule has 1 saturated heterocycles. The average molecular weight is 312 g/mol. The maximum Gasteiger partial charge on any atom is 0.228 e. The van der Waals surface area contributed by atoms with Crippen molar-refractivity contribution >= 4 is 17.7 Å². The van der Waals surface area contributed by atoms with E-state index < -0.39 is 0 Å². The normalized spacial score (nSPS) is 15.4. The minimum absolute atomic E-state index is 0.221. The van der Waals surface area contributed by atoms with E-state index in [4.69, 9.17) is 0 Å². The first-order valence-corrected chi connectivity index (χ1v) is 7.90. The first kappa shape index (κ1) is 15.3. The number of carbonyl (C=O) groups is 1. The van der Waals surface area contributed by atoms with Crippen LogP contribution >= 0.6 is 0 Å². The number of anilines is 2. The predicted molar refractivity (Wildman–Crippen MR) is 86.2 cm³/mol. The van der Waals surface area contributed by atoms with E-state index in [0.717, 1.165) is 31.6 Å². The van der Waals surface area contributed by atoms with Gasteiger partial charge in [0.05, 0.1) is 5.69 Å². The molecule has 2 aromatic rings. The van der Waals surface area contributed by atoms with E-state index in [0.29, 0.717) is 18.2 Å².